The van der Waals surface area contributed by atoms with Gasteiger partial charge in [0.05, 0.1) is 24.2 Å². The Kier molecular flexibility index (Phi) is 5.98. The average Bonchev–Trinajstić information content (AvgIpc) is 3.00. The molecule has 0 aliphatic rings. The first kappa shape index (κ1) is 17.0. The number of nitrogens with one attached hydrogen (secondary N) is 1. The molecule has 8 heteroatoms. The van der Waals surface area contributed by atoms with Crippen LogP contribution in [-0.4, -0.2) is 24.3 Å². The van der Waals surface area contributed by atoms with Crippen molar-refractivity contribution in [1.29, 1.82) is 0 Å². The Bertz CT molecular complexity index is 703. The van der Waals surface area contributed by atoms with E-state index in [1.54, 1.807) is 6.07 Å². The summed E-state index contributed by atoms with van der Waals surface area (Å²) >= 11 is 8.12. The van der Waals surface area contributed by atoms with Gasteiger partial charge in [-0.25, -0.2) is 5.43 Å². The van der Waals surface area contributed by atoms with Crippen LogP contribution in [0.3, 0.4) is 0 Å². The van der Waals surface area contributed by atoms with E-state index in [4.69, 9.17) is 4.74 Å². The molecule has 2 rings (SSSR count). The smallest absolute Gasteiger partial charge is 0.245 e. The first-order chi connectivity index (χ1) is 10.5. The number of phenols is 1. The van der Waals surface area contributed by atoms with Gasteiger partial charge in [0.15, 0.2) is 11.5 Å². The van der Waals surface area contributed by atoms with E-state index < -0.39 is 0 Å². The zero-order chi connectivity index (χ0) is 16.1. The summed E-state index contributed by atoms with van der Waals surface area (Å²) in [7, 11) is 1.46. The quantitative estimate of drug-likeness (QED) is 0.542. The van der Waals surface area contributed by atoms with Gasteiger partial charge >= 0.3 is 0 Å². The molecular weight excluding hydrogens is 436 g/mol. The highest BCUT2D eigenvalue weighted by Gasteiger charge is 2.13. The average molecular weight is 448 g/mol. The van der Waals surface area contributed by atoms with Gasteiger partial charge in [0.25, 0.3) is 0 Å². The van der Waals surface area contributed by atoms with Crippen LogP contribution in [-0.2, 0) is 11.2 Å². The molecule has 0 atom stereocenters. The summed E-state index contributed by atoms with van der Waals surface area (Å²) < 4.78 is 6.14. The number of hydrazone groups is 1. The number of rotatable bonds is 5. The third kappa shape index (κ3) is 4.08. The van der Waals surface area contributed by atoms with Gasteiger partial charge < -0.3 is 9.84 Å². The van der Waals surface area contributed by atoms with Gasteiger partial charge in [-0.1, -0.05) is 6.07 Å². The van der Waals surface area contributed by atoms with Crippen LogP contribution in [0.1, 0.15) is 10.4 Å². The Morgan fingerprint density at radius 2 is 2.27 bits per heavy atom. The van der Waals surface area contributed by atoms with Gasteiger partial charge in [0, 0.05) is 14.9 Å². The van der Waals surface area contributed by atoms with Crippen molar-refractivity contribution in [1.82, 2.24) is 5.43 Å². The van der Waals surface area contributed by atoms with Crippen LogP contribution in [0.25, 0.3) is 0 Å². The van der Waals surface area contributed by atoms with Crippen LogP contribution < -0.4 is 10.2 Å². The van der Waals surface area contributed by atoms with Gasteiger partial charge in [-0.2, -0.15) is 5.10 Å². The molecule has 2 N–H and O–H groups in total. The highest BCUT2D eigenvalue weighted by Crippen LogP contribution is 2.41. The van der Waals surface area contributed by atoms with Crippen molar-refractivity contribution in [3.05, 3.63) is 43.0 Å². The van der Waals surface area contributed by atoms with Gasteiger partial charge in [0.1, 0.15) is 0 Å². The van der Waals surface area contributed by atoms with Crippen LogP contribution >= 0.6 is 43.2 Å². The fraction of sp³-hybridized carbons (Fsp3) is 0.143. The SMILES string of the molecule is COc1cc(/C=N\NC(=O)Cc2cccs2)c(Br)c(Br)c1O. The van der Waals surface area contributed by atoms with Gasteiger partial charge in [-0.15, -0.1) is 11.3 Å². The Morgan fingerprint density at radius 1 is 1.50 bits per heavy atom. The molecule has 0 aliphatic heterocycles. The van der Waals surface area contributed by atoms with Crippen molar-refractivity contribution < 1.29 is 14.6 Å². The van der Waals surface area contributed by atoms with Gasteiger partial charge in [0.2, 0.25) is 5.91 Å². The summed E-state index contributed by atoms with van der Waals surface area (Å²) in [5, 5.41) is 15.7. The fourth-order valence-corrected chi connectivity index (χ4v) is 3.18. The zero-order valence-electron chi connectivity index (χ0n) is 11.5. The Morgan fingerprint density at radius 3 is 2.91 bits per heavy atom. The number of thiophene rings is 1. The van der Waals surface area contributed by atoms with Crippen LogP contribution in [0.15, 0.2) is 37.6 Å². The van der Waals surface area contributed by atoms with Crippen molar-refractivity contribution in [3.8, 4) is 11.5 Å². The summed E-state index contributed by atoms with van der Waals surface area (Å²) in [4.78, 5) is 12.7. The van der Waals surface area contributed by atoms with Crippen molar-refractivity contribution in [2.45, 2.75) is 6.42 Å². The van der Waals surface area contributed by atoms with Crippen molar-refractivity contribution in [2.75, 3.05) is 7.11 Å². The zero-order valence-corrected chi connectivity index (χ0v) is 15.5. The highest BCUT2D eigenvalue weighted by atomic mass is 79.9. The molecule has 5 nitrogen and oxygen atoms in total. The highest BCUT2D eigenvalue weighted by molar-refractivity contribution is 9.13. The number of hydrogen-bond donors (Lipinski definition) is 2. The van der Waals surface area contributed by atoms with Crippen molar-refractivity contribution in [2.24, 2.45) is 5.10 Å². The minimum Gasteiger partial charge on any atom is -0.503 e. The van der Waals surface area contributed by atoms with Crippen LogP contribution in [0.4, 0.5) is 0 Å². The Labute approximate surface area is 148 Å². The van der Waals surface area contributed by atoms with Crippen molar-refractivity contribution >= 4 is 55.3 Å². The second-order valence-electron chi connectivity index (χ2n) is 4.19. The molecular formula is C14H12Br2N2O3S. The summed E-state index contributed by atoms with van der Waals surface area (Å²) in [6.45, 7) is 0. The maximum atomic E-state index is 11.7. The molecule has 1 aromatic heterocycles. The monoisotopic (exact) mass is 446 g/mol. The molecule has 1 heterocycles. The number of ether oxygens (including phenoxy) is 1. The standard InChI is InChI=1S/C14H12Br2N2O3S/c1-21-10-5-8(12(15)13(16)14(10)20)7-17-18-11(19)6-9-3-2-4-22-9/h2-5,7,20H,6H2,1H3,(H,18,19)/b17-7-. The number of carbonyl (C=O) groups is 1. The molecule has 2 aromatic rings. The molecule has 116 valence electrons. The van der Waals surface area contributed by atoms with E-state index in [-0.39, 0.29) is 11.7 Å². The maximum absolute atomic E-state index is 11.7. The molecule has 0 fully saturated rings. The molecule has 0 unspecified atom stereocenters. The second-order valence-corrected chi connectivity index (χ2v) is 6.81. The predicted octanol–water partition coefficient (Wildman–Crippen LogP) is 3.68. The number of carbonyl (C=O) groups excluding carboxylic acids is 1. The van der Waals surface area contributed by atoms with Crippen molar-refractivity contribution in [3.63, 3.8) is 0 Å². The minimum atomic E-state index is -0.195. The van der Waals surface area contributed by atoms with Crippen LogP contribution in [0.2, 0.25) is 0 Å². The van der Waals surface area contributed by atoms with Crippen LogP contribution in [0.5, 0.6) is 11.5 Å². The predicted molar refractivity (Wildman–Crippen MR) is 93.8 cm³/mol. The second kappa shape index (κ2) is 7.75. The van der Waals surface area contributed by atoms with E-state index in [1.165, 1.54) is 24.7 Å². The molecule has 0 aliphatic carbocycles. The molecule has 0 saturated heterocycles. The number of nitrogens with zero attached hydrogens (tertiary/aromatic N) is 1. The lowest BCUT2D eigenvalue weighted by Crippen LogP contribution is -2.19. The molecule has 1 amide bonds. The Balaban J connectivity index is 2.07. The lowest BCUT2D eigenvalue weighted by molar-refractivity contribution is -0.120. The first-order valence-electron chi connectivity index (χ1n) is 6.12. The maximum Gasteiger partial charge on any atom is 0.245 e. The van der Waals surface area contributed by atoms with Gasteiger partial charge in [-0.3, -0.25) is 4.79 Å². The summed E-state index contributed by atoms with van der Waals surface area (Å²) in [5.74, 6) is 0.106. The summed E-state index contributed by atoms with van der Waals surface area (Å²) in [5.41, 5.74) is 3.12. The number of aromatic hydroxyl groups is 1. The van der Waals surface area contributed by atoms with E-state index in [0.717, 1.165) is 4.88 Å². The summed E-state index contributed by atoms with van der Waals surface area (Å²) in [6.07, 6.45) is 1.77. The largest absolute Gasteiger partial charge is 0.503 e. The number of benzene rings is 1. The Hall–Kier alpha value is -1.38. The van der Waals surface area contributed by atoms with E-state index in [9.17, 15) is 9.90 Å². The van der Waals surface area contributed by atoms with E-state index in [2.05, 4.69) is 42.4 Å². The lowest BCUT2D eigenvalue weighted by atomic mass is 10.2. The fourth-order valence-electron chi connectivity index (χ4n) is 1.65. The topological polar surface area (TPSA) is 70.9 Å². The number of halogens is 2. The summed E-state index contributed by atoms with van der Waals surface area (Å²) in [6, 6.07) is 5.40. The molecule has 1 aromatic carbocycles. The molecule has 22 heavy (non-hydrogen) atoms. The molecule has 0 bridgehead atoms. The number of phenolic OH excluding ortho intramolecular Hbond substituents is 1. The molecule has 0 spiro atoms. The number of amides is 1. The number of hydrogen-bond acceptors (Lipinski definition) is 5. The first-order valence-corrected chi connectivity index (χ1v) is 8.58. The minimum absolute atomic E-state index is 0.00624. The van der Waals surface area contributed by atoms with E-state index in [0.29, 0.717) is 26.7 Å². The van der Waals surface area contributed by atoms with E-state index in [1.807, 2.05) is 17.5 Å². The third-order valence-electron chi connectivity index (χ3n) is 2.70. The van der Waals surface area contributed by atoms with E-state index >= 15 is 0 Å². The number of methoxy groups -OCH3 is 1. The van der Waals surface area contributed by atoms with Gasteiger partial charge in [-0.05, 0) is 49.4 Å². The lowest BCUT2D eigenvalue weighted by Gasteiger charge is -2.09. The third-order valence-corrected chi connectivity index (χ3v) is 5.74. The normalized spacial score (nSPS) is 10.9. The molecule has 0 saturated carbocycles. The van der Waals surface area contributed by atoms with Crippen LogP contribution in [0, 0.1) is 0 Å². The molecule has 0 radical (unpaired) electrons.